The van der Waals surface area contributed by atoms with Gasteiger partial charge in [0, 0.05) is 12.7 Å². The van der Waals surface area contributed by atoms with Gasteiger partial charge in [-0.3, -0.25) is 4.68 Å². The van der Waals surface area contributed by atoms with Gasteiger partial charge in [0.15, 0.2) is 0 Å². The second kappa shape index (κ2) is 2.90. The van der Waals surface area contributed by atoms with E-state index in [4.69, 9.17) is 5.73 Å². The van der Waals surface area contributed by atoms with Crippen LogP contribution in [0.5, 0.6) is 0 Å². The van der Waals surface area contributed by atoms with Crippen molar-refractivity contribution >= 4 is 0 Å². The van der Waals surface area contributed by atoms with Crippen LogP contribution in [-0.2, 0) is 6.54 Å². The van der Waals surface area contributed by atoms with Gasteiger partial charge in [0.05, 0.1) is 6.20 Å². The molecule has 0 spiro atoms. The number of nitrogens with zero attached hydrogens (tertiary/aromatic N) is 2. The lowest BCUT2D eigenvalue weighted by Gasteiger charge is -1.92. The van der Waals surface area contributed by atoms with Crippen LogP contribution < -0.4 is 5.73 Å². The Morgan fingerprint density at radius 1 is 1.75 bits per heavy atom. The molecule has 0 unspecified atom stereocenters. The molecule has 1 fully saturated rings. The van der Waals surface area contributed by atoms with Gasteiger partial charge in [0.25, 0.3) is 0 Å². The quantitative estimate of drug-likeness (QED) is 0.725. The van der Waals surface area contributed by atoms with Crippen LogP contribution in [0.3, 0.4) is 0 Å². The maximum atomic E-state index is 5.57. The molecule has 0 aliphatic heterocycles. The zero-order chi connectivity index (χ0) is 8.55. The monoisotopic (exact) mass is 165 g/mol. The predicted octanol–water partition coefficient (Wildman–Crippen LogP) is 0.965. The highest BCUT2D eigenvalue weighted by Gasteiger charge is 2.37. The number of hydrogen-bond acceptors (Lipinski definition) is 2. The first-order chi connectivity index (χ1) is 5.85. The van der Waals surface area contributed by atoms with Crippen molar-refractivity contribution in [1.29, 1.82) is 0 Å². The first-order valence-electron chi connectivity index (χ1n) is 4.57. The molecule has 1 aromatic rings. The smallest absolute Gasteiger partial charge is 0.0524 e. The Morgan fingerprint density at radius 3 is 3.08 bits per heavy atom. The molecule has 2 rings (SSSR count). The van der Waals surface area contributed by atoms with Crippen molar-refractivity contribution in [3.8, 4) is 0 Å². The van der Waals surface area contributed by atoms with Gasteiger partial charge in [0.1, 0.15) is 0 Å². The molecule has 0 radical (unpaired) electrons. The third-order valence-corrected chi connectivity index (χ3v) is 2.63. The number of hydrogen-bond donors (Lipinski definition) is 1. The maximum Gasteiger partial charge on any atom is 0.0524 e. The molecule has 1 aliphatic carbocycles. The van der Waals surface area contributed by atoms with Crippen LogP contribution in [-0.4, -0.2) is 16.3 Å². The molecule has 0 saturated heterocycles. The van der Waals surface area contributed by atoms with E-state index in [1.165, 1.54) is 12.0 Å². The Morgan fingerprint density at radius 2 is 2.58 bits per heavy atom. The van der Waals surface area contributed by atoms with Crippen molar-refractivity contribution in [3.63, 3.8) is 0 Å². The fraction of sp³-hybridized carbons (Fsp3) is 0.667. The summed E-state index contributed by atoms with van der Waals surface area (Å²) in [7, 11) is 0. The first-order valence-corrected chi connectivity index (χ1v) is 4.57. The lowest BCUT2D eigenvalue weighted by molar-refractivity contribution is 0.659. The Hall–Kier alpha value is -0.830. The summed E-state index contributed by atoms with van der Waals surface area (Å²) in [5.41, 5.74) is 6.94. The number of aromatic nitrogens is 2. The summed E-state index contributed by atoms with van der Waals surface area (Å²) in [6, 6.07) is 0. The molecule has 2 atom stereocenters. The molecule has 0 aromatic carbocycles. The van der Waals surface area contributed by atoms with Gasteiger partial charge in [-0.1, -0.05) is 0 Å². The van der Waals surface area contributed by atoms with Gasteiger partial charge in [-0.25, -0.2) is 0 Å². The van der Waals surface area contributed by atoms with Crippen LogP contribution in [0.2, 0.25) is 0 Å². The summed E-state index contributed by atoms with van der Waals surface area (Å²) in [6.07, 6.45) is 5.37. The molecular weight excluding hydrogens is 150 g/mol. The minimum atomic E-state index is 0.704. The summed E-state index contributed by atoms with van der Waals surface area (Å²) in [6.45, 7) is 3.88. The average Bonchev–Trinajstić information content (AvgIpc) is 2.75. The number of aryl methyl sites for hydroxylation is 1. The lowest BCUT2D eigenvalue weighted by Crippen LogP contribution is -2.01. The number of rotatable bonds is 3. The molecule has 0 amide bonds. The molecule has 12 heavy (non-hydrogen) atoms. The van der Waals surface area contributed by atoms with E-state index in [1.807, 2.05) is 10.9 Å². The average molecular weight is 165 g/mol. The second-order valence-corrected chi connectivity index (χ2v) is 3.47. The minimum absolute atomic E-state index is 0.704. The van der Waals surface area contributed by atoms with Crippen molar-refractivity contribution in [2.45, 2.75) is 25.8 Å². The Balaban J connectivity index is 2.05. The fourth-order valence-corrected chi connectivity index (χ4v) is 1.66. The third kappa shape index (κ3) is 1.25. The van der Waals surface area contributed by atoms with Crippen LogP contribution in [0, 0.1) is 5.92 Å². The zero-order valence-corrected chi connectivity index (χ0v) is 7.40. The highest BCUT2D eigenvalue weighted by molar-refractivity contribution is 5.20. The fourth-order valence-electron chi connectivity index (χ4n) is 1.66. The van der Waals surface area contributed by atoms with E-state index in [0.717, 1.165) is 19.0 Å². The van der Waals surface area contributed by atoms with Crippen LogP contribution in [0.25, 0.3) is 0 Å². The Labute approximate surface area is 72.6 Å². The summed E-state index contributed by atoms with van der Waals surface area (Å²) in [5.74, 6) is 1.43. The maximum absolute atomic E-state index is 5.57. The minimum Gasteiger partial charge on any atom is -0.330 e. The van der Waals surface area contributed by atoms with Crippen LogP contribution >= 0.6 is 0 Å². The third-order valence-electron chi connectivity index (χ3n) is 2.63. The second-order valence-electron chi connectivity index (χ2n) is 3.47. The molecule has 1 aliphatic rings. The lowest BCUT2D eigenvalue weighted by atomic mass is 10.2. The molecule has 3 nitrogen and oxygen atoms in total. The van der Waals surface area contributed by atoms with Gasteiger partial charge in [-0.2, -0.15) is 5.10 Å². The molecule has 1 aromatic heterocycles. The van der Waals surface area contributed by atoms with E-state index < -0.39 is 0 Å². The van der Waals surface area contributed by atoms with E-state index in [9.17, 15) is 0 Å². The van der Waals surface area contributed by atoms with Crippen molar-refractivity contribution in [1.82, 2.24) is 9.78 Å². The summed E-state index contributed by atoms with van der Waals surface area (Å²) in [5, 5.41) is 4.24. The van der Waals surface area contributed by atoms with E-state index in [2.05, 4.69) is 18.2 Å². The highest BCUT2D eigenvalue weighted by atomic mass is 15.3. The number of nitrogens with two attached hydrogens (primary N) is 1. The first kappa shape index (κ1) is 7.80. The van der Waals surface area contributed by atoms with Crippen molar-refractivity contribution in [2.75, 3.05) is 6.54 Å². The van der Waals surface area contributed by atoms with Gasteiger partial charge in [-0.05, 0) is 37.3 Å². The van der Waals surface area contributed by atoms with Crippen LogP contribution in [0.1, 0.15) is 24.8 Å². The van der Waals surface area contributed by atoms with E-state index >= 15 is 0 Å². The van der Waals surface area contributed by atoms with E-state index in [-0.39, 0.29) is 0 Å². The van der Waals surface area contributed by atoms with Crippen molar-refractivity contribution < 1.29 is 0 Å². The standard InChI is InChI=1S/C9H15N3/c1-2-12-6-8(5-11-12)9-3-7(9)4-10/h5-7,9H,2-4,10H2,1H3/t7-,9+/m0/s1. The van der Waals surface area contributed by atoms with Crippen molar-refractivity contribution in [3.05, 3.63) is 18.0 Å². The Kier molecular flexibility index (Phi) is 1.89. The van der Waals surface area contributed by atoms with E-state index in [0.29, 0.717) is 5.92 Å². The molecule has 2 N–H and O–H groups in total. The SMILES string of the molecule is CCn1cc([C@@H]2C[C@H]2CN)cn1. The summed E-state index contributed by atoms with van der Waals surface area (Å²) in [4.78, 5) is 0. The van der Waals surface area contributed by atoms with Gasteiger partial charge < -0.3 is 5.73 Å². The molecule has 66 valence electrons. The molecule has 1 saturated carbocycles. The molecular formula is C9H15N3. The highest BCUT2D eigenvalue weighted by Crippen LogP contribution is 2.46. The molecule has 3 heteroatoms. The van der Waals surface area contributed by atoms with E-state index in [1.54, 1.807) is 0 Å². The van der Waals surface area contributed by atoms with Gasteiger partial charge in [0.2, 0.25) is 0 Å². The normalized spacial score (nSPS) is 27.5. The molecule has 1 heterocycles. The van der Waals surface area contributed by atoms with Crippen molar-refractivity contribution in [2.24, 2.45) is 11.7 Å². The topological polar surface area (TPSA) is 43.8 Å². The predicted molar refractivity (Wildman–Crippen MR) is 47.8 cm³/mol. The Bertz CT molecular complexity index is 266. The van der Waals surface area contributed by atoms with Gasteiger partial charge in [-0.15, -0.1) is 0 Å². The van der Waals surface area contributed by atoms with Gasteiger partial charge >= 0.3 is 0 Å². The zero-order valence-electron chi connectivity index (χ0n) is 7.40. The summed E-state index contributed by atoms with van der Waals surface area (Å²) >= 11 is 0. The van der Waals surface area contributed by atoms with Crippen LogP contribution in [0.15, 0.2) is 12.4 Å². The largest absolute Gasteiger partial charge is 0.330 e. The summed E-state index contributed by atoms with van der Waals surface area (Å²) < 4.78 is 1.97. The molecule has 0 bridgehead atoms. The van der Waals surface area contributed by atoms with Crippen LogP contribution in [0.4, 0.5) is 0 Å².